The molecule has 0 bridgehead atoms. The van der Waals surface area contributed by atoms with E-state index in [2.05, 4.69) is 5.32 Å². The summed E-state index contributed by atoms with van der Waals surface area (Å²) < 4.78 is 0. The van der Waals surface area contributed by atoms with Crippen LogP contribution in [0.4, 0.5) is 0 Å². The van der Waals surface area contributed by atoms with Gasteiger partial charge in [-0.1, -0.05) is 0 Å². The van der Waals surface area contributed by atoms with Crippen LogP contribution in [0.25, 0.3) is 0 Å². The van der Waals surface area contributed by atoms with Gasteiger partial charge in [0.2, 0.25) is 11.8 Å². The lowest BCUT2D eigenvalue weighted by atomic mass is 9.88. The van der Waals surface area contributed by atoms with Crippen LogP contribution in [0.15, 0.2) is 0 Å². The molecule has 0 aromatic heterocycles. The smallest absolute Gasteiger partial charge is 0.242 e. The van der Waals surface area contributed by atoms with Crippen LogP contribution in [0.2, 0.25) is 0 Å². The van der Waals surface area contributed by atoms with Gasteiger partial charge in [0, 0.05) is 20.1 Å². The first-order chi connectivity index (χ1) is 7.77. The zero-order valence-electron chi connectivity index (χ0n) is 10.8. The number of rotatable bonds is 2. The second-order valence-corrected chi connectivity index (χ2v) is 5.35. The number of carbonyl (C=O) groups excluding carboxylic acids is 2. The quantitative estimate of drug-likeness (QED) is 0.761. The number of hydrogen-bond acceptors (Lipinski definition) is 3. The van der Waals surface area contributed by atoms with Crippen molar-refractivity contribution < 1.29 is 9.59 Å². The third-order valence-electron chi connectivity index (χ3n) is 3.35. The number of carbonyl (C=O) groups is 2. The molecule has 17 heavy (non-hydrogen) atoms. The minimum Gasteiger partial charge on any atom is -0.359 e. The first kappa shape index (κ1) is 13.5. The molecule has 1 saturated heterocycles. The van der Waals surface area contributed by atoms with Crippen molar-refractivity contribution in [1.29, 1.82) is 5.26 Å². The topological polar surface area (TPSA) is 73.2 Å². The second kappa shape index (κ2) is 4.36. The van der Waals surface area contributed by atoms with Gasteiger partial charge in [-0.2, -0.15) is 5.26 Å². The highest BCUT2D eigenvalue weighted by Gasteiger charge is 2.44. The van der Waals surface area contributed by atoms with E-state index in [-0.39, 0.29) is 11.8 Å². The number of likely N-dealkylation sites (tertiary alicyclic amines) is 1. The van der Waals surface area contributed by atoms with E-state index < -0.39 is 10.8 Å². The fraction of sp³-hybridized carbons (Fsp3) is 0.750. The lowest BCUT2D eigenvalue weighted by Crippen LogP contribution is -2.43. The fourth-order valence-corrected chi connectivity index (χ4v) is 2.06. The fourth-order valence-electron chi connectivity index (χ4n) is 2.06. The molecule has 1 atom stereocenters. The van der Waals surface area contributed by atoms with Gasteiger partial charge in [-0.25, -0.2) is 0 Å². The van der Waals surface area contributed by atoms with Crippen LogP contribution in [0.1, 0.15) is 27.2 Å². The zero-order chi connectivity index (χ0) is 13.3. The number of amides is 2. The van der Waals surface area contributed by atoms with Crippen LogP contribution in [0.5, 0.6) is 0 Å². The summed E-state index contributed by atoms with van der Waals surface area (Å²) in [4.78, 5) is 25.4. The van der Waals surface area contributed by atoms with Crippen LogP contribution in [-0.4, -0.2) is 36.9 Å². The van der Waals surface area contributed by atoms with Crippen molar-refractivity contribution in [1.82, 2.24) is 10.2 Å². The summed E-state index contributed by atoms with van der Waals surface area (Å²) >= 11 is 0. The lowest BCUT2D eigenvalue weighted by Gasteiger charge is -2.26. The molecule has 1 aliphatic heterocycles. The molecule has 0 radical (unpaired) electrons. The minimum absolute atomic E-state index is 0.0532. The monoisotopic (exact) mass is 237 g/mol. The van der Waals surface area contributed by atoms with Gasteiger partial charge in [-0.3, -0.25) is 9.59 Å². The molecule has 1 aliphatic rings. The van der Waals surface area contributed by atoms with Crippen molar-refractivity contribution in [2.75, 3.05) is 20.1 Å². The maximum Gasteiger partial charge on any atom is 0.242 e. The lowest BCUT2D eigenvalue weighted by molar-refractivity contribution is -0.137. The molecule has 1 heterocycles. The number of nitrogens with one attached hydrogen (secondary N) is 1. The summed E-state index contributed by atoms with van der Waals surface area (Å²) in [7, 11) is 1.59. The van der Waals surface area contributed by atoms with Gasteiger partial charge in [0.25, 0.3) is 0 Å². The minimum atomic E-state index is -1.02. The second-order valence-electron chi connectivity index (χ2n) is 5.35. The van der Waals surface area contributed by atoms with Crippen LogP contribution < -0.4 is 5.32 Å². The van der Waals surface area contributed by atoms with Gasteiger partial charge in [0.05, 0.1) is 11.5 Å². The Hall–Kier alpha value is -1.57. The molecule has 1 fully saturated rings. The Morgan fingerprint density at radius 3 is 2.53 bits per heavy atom. The zero-order valence-corrected chi connectivity index (χ0v) is 10.8. The highest BCUT2D eigenvalue weighted by atomic mass is 16.2. The summed E-state index contributed by atoms with van der Waals surface area (Å²) in [5.74, 6) is -0.254. The average molecular weight is 237 g/mol. The first-order valence-corrected chi connectivity index (χ1v) is 5.70. The van der Waals surface area contributed by atoms with Crippen molar-refractivity contribution in [3.05, 3.63) is 0 Å². The molecule has 94 valence electrons. The third-order valence-corrected chi connectivity index (χ3v) is 3.35. The van der Waals surface area contributed by atoms with E-state index in [1.54, 1.807) is 25.8 Å². The predicted octanol–water partition coefficient (Wildman–Crippen LogP) is 0.521. The van der Waals surface area contributed by atoms with Crippen molar-refractivity contribution in [2.45, 2.75) is 27.2 Å². The average Bonchev–Trinajstić information content (AvgIpc) is 2.70. The summed E-state index contributed by atoms with van der Waals surface area (Å²) in [5.41, 5.74) is -1.55. The van der Waals surface area contributed by atoms with E-state index in [0.717, 1.165) is 0 Å². The summed E-state index contributed by atoms with van der Waals surface area (Å²) in [6, 6.07) is 2.00. The molecule has 0 spiro atoms. The Labute approximate surface area is 102 Å². The standard InChI is InChI=1S/C12H19N3O2/c1-11(2,7-13)10(17)15-6-5-12(3,8-15)9(16)14-4/h5-6,8H2,1-4H3,(H,14,16). The van der Waals surface area contributed by atoms with Crippen molar-refractivity contribution >= 4 is 11.8 Å². The molecular formula is C12H19N3O2. The van der Waals surface area contributed by atoms with Crippen LogP contribution in [0, 0.1) is 22.2 Å². The van der Waals surface area contributed by atoms with Gasteiger partial charge in [-0.05, 0) is 27.2 Å². The van der Waals surface area contributed by atoms with Crippen molar-refractivity contribution in [3.63, 3.8) is 0 Å². The Balaban J connectivity index is 2.79. The largest absolute Gasteiger partial charge is 0.359 e. The normalized spacial score (nSPS) is 24.3. The molecule has 5 heteroatoms. The molecule has 1 N–H and O–H groups in total. The Morgan fingerprint density at radius 2 is 2.06 bits per heavy atom. The number of hydrogen-bond donors (Lipinski definition) is 1. The van der Waals surface area contributed by atoms with Crippen LogP contribution in [0.3, 0.4) is 0 Å². The third kappa shape index (κ3) is 2.41. The van der Waals surface area contributed by atoms with E-state index in [1.807, 2.05) is 13.0 Å². The van der Waals surface area contributed by atoms with Gasteiger partial charge in [0.15, 0.2) is 0 Å². The molecular weight excluding hydrogens is 218 g/mol. The molecule has 0 aliphatic carbocycles. The van der Waals surface area contributed by atoms with Gasteiger partial charge in [0.1, 0.15) is 5.41 Å². The van der Waals surface area contributed by atoms with Crippen molar-refractivity contribution in [3.8, 4) is 6.07 Å². The van der Waals surface area contributed by atoms with Crippen molar-refractivity contribution in [2.24, 2.45) is 10.8 Å². The summed E-state index contributed by atoms with van der Waals surface area (Å²) in [5, 5.41) is 11.6. The molecule has 0 aromatic carbocycles. The maximum absolute atomic E-state index is 12.1. The van der Waals surface area contributed by atoms with Crippen LogP contribution in [-0.2, 0) is 9.59 Å². The van der Waals surface area contributed by atoms with Gasteiger partial charge >= 0.3 is 0 Å². The maximum atomic E-state index is 12.1. The van der Waals surface area contributed by atoms with E-state index in [1.165, 1.54) is 0 Å². The van der Waals surface area contributed by atoms with E-state index in [0.29, 0.717) is 19.5 Å². The van der Waals surface area contributed by atoms with Crippen LogP contribution >= 0.6 is 0 Å². The van der Waals surface area contributed by atoms with Gasteiger partial charge < -0.3 is 10.2 Å². The summed E-state index contributed by atoms with van der Waals surface area (Å²) in [6.45, 7) is 5.97. The van der Waals surface area contributed by atoms with E-state index >= 15 is 0 Å². The molecule has 1 rings (SSSR count). The molecule has 0 saturated carbocycles. The Morgan fingerprint density at radius 1 is 1.47 bits per heavy atom. The molecule has 0 aromatic rings. The first-order valence-electron chi connectivity index (χ1n) is 5.70. The number of nitriles is 1. The highest BCUT2D eigenvalue weighted by Crippen LogP contribution is 2.32. The molecule has 1 unspecified atom stereocenters. The SMILES string of the molecule is CNC(=O)C1(C)CCN(C(=O)C(C)(C)C#N)C1. The summed E-state index contributed by atoms with van der Waals surface area (Å²) in [6.07, 6.45) is 0.639. The van der Waals surface area contributed by atoms with Gasteiger partial charge in [-0.15, -0.1) is 0 Å². The Bertz CT molecular complexity index is 384. The Kier molecular flexibility index (Phi) is 3.46. The molecule has 5 nitrogen and oxygen atoms in total. The molecule has 2 amide bonds. The highest BCUT2D eigenvalue weighted by molar-refractivity contribution is 5.87. The van der Waals surface area contributed by atoms with E-state index in [9.17, 15) is 9.59 Å². The predicted molar refractivity (Wildman–Crippen MR) is 62.8 cm³/mol. The van der Waals surface area contributed by atoms with E-state index in [4.69, 9.17) is 5.26 Å². The number of nitrogens with zero attached hydrogens (tertiary/aromatic N) is 2.